The van der Waals surface area contributed by atoms with Gasteiger partial charge in [-0.1, -0.05) is 65.4 Å². The number of rotatable bonds is 4. The molecule has 1 aromatic heterocycles. The molecule has 26 heavy (non-hydrogen) atoms. The Balaban J connectivity index is 1.83. The zero-order chi connectivity index (χ0) is 18.6. The number of hydrogen-bond acceptors (Lipinski definition) is 2. The molecule has 3 nitrogen and oxygen atoms in total. The van der Waals surface area contributed by atoms with Gasteiger partial charge in [-0.25, -0.2) is 4.98 Å². The predicted molar refractivity (Wildman–Crippen MR) is 113 cm³/mol. The van der Waals surface area contributed by atoms with Gasteiger partial charge in [-0.05, 0) is 57.1 Å². The van der Waals surface area contributed by atoms with Gasteiger partial charge in [-0.2, -0.15) is 0 Å². The van der Waals surface area contributed by atoms with Crippen LogP contribution < -0.4 is 10.8 Å². The summed E-state index contributed by atoms with van der Waals surface area (Å²) >= 11 is 0. The highest BCUT2D eigenvalue weighted by Crippen LogP contribution is 2.54. The molecule has 2 fully saturated rings. The van der Waals surface area contributed by atoms with Crippen molar-refractivity contribution in [2.45, 2.75) is 96.3 Å². The van der Waals surface area contributed by atoms with Gasteiger partial charge in [0.2, 0.25) is 5.91 Å². The molecule has 0 saturated heterocycles. The van der Waals surface area contributed by atoms with Gasteiger partial charge in [0, 0.05) is 5.41 Å². The molecule has 2 aliphatic carbocycles. The van der Waals surface area contributed by atoms with Crippen molar-refractivity contribution in [1.29, 1.82) is 0 Å². The molecule has 0 atom stereocenters. The minimum absolute atomic E-state index is 0.0433. The van der Waals surface area contributed by atoms with Crippen molar-refractivity contribution in [3.63, 3.8) is 0 Å². The number of anilines is 1. The Morgan fingerprint density at radius 2 is 1.50 bits per heavy atom. The van der Waals surface area contributed by atoms with Gasteiger partial charge in [0.25, 0.3) is 0 Å². The van der Waals surface area contributed by atoms with Gasteiger partial charge in [0.1, 0.15) is 5.82 Å². The van der Waals surface area contributed by atoms with E-state index >= 15 is 0 Å². The van der Waals surface area contributed by atoms with Crippen LogP contribution in [0, 0.1) is 5.41 Å². The van der Waals surface area contributed by atoms with Crippen molar-refractivity contribution in [2.24, 2.45) is 5.41 Å². The molecule has 1 heterocycles. The van der Waals surface area contributed by atoms with Crippen molar-refractivity contribution >= 4 is 25.1 Å². The summed E-state index contributed by atoms with van der Waals surface area (Å²) in [5, 5.41) is 3.04. The van der Waals surface area contributed by atoms with Gasteiger partial charge < -0.3 is 5.32 Å². The summed E-state index contributed by atoms with van der Waals surface area (Å²) in [6, 6.07) is 6.28. The SMILES string of the molecule is CC(C)(C)C(=O)Nc1cccc(P(C2CCCCC2)C2CCCCC2)n1. The summed E-state index contributed by atoms with van der Waals surface area (Å²) in [6.07, 6.45) is 13.9. The largest absolute Gasteiger partial charge is 0.310 e. The van der Waals surface area contributed by atoms with Crippen LogP contribution in [0.25, 0.3) is 0 Å². The smallest absolute Gasteiger partial charge is 0.230 e. The third kappa shape index (κ3) is 5.06. The third-order valence-corrected chi connectivity index (χ3v) is 9.24. The van der Waals surface area contributed by atoms with Crippen LogP contribution >= 0.6 is 7.92 Å². The maximum Gasteiger partial charge on any atom is 0.230 e. The maximum absolute atomic E-state index is 12.4. The molecule has 0 aromatic carbocycles. The molecule has 144 valence electrons. The van der Waals surface area contributed by atoms with E-state index in [9.17, 15) is 4.79 Å². The minimum atomic E-state index is -0.394. The van der Waals surface area contributed by atoms with E-state index in [1.54, 1.807) is 0 Å². The number of amides is 1. The average molecular weight is 375 g/mol. The molecular weight excluding hydrogens is 339 g/mol. The molecule has 1 N–H and O–H groups in total. The Bertz CT molecular complexity index is 580. The molecule has 0 aliphatic heterocycles. The number of nitrogens with one attached hydrogen (secondary N) is 1. The molecule has 0 radical (unpaired) electrons. The van der Waals surface area contributed by atoms with Crippen LogP contribution in [-0.4, -0.2) is 22.2 Å². The van der Waals surface area contributed by atoms with E-state index in [4.69, 9.17) is 4.98 Å². The fourth-order valence-electron chi connectivity index (χ4n) is 4.33. The summed E-state index contributed by atoms with van der Waals surface area (Å²) in [5.74, 6) is 0.781. The molecule has 1 amide bonds. The van der Waals surface area contributed by atoms with Gasteiger partial charge in [-0.3, -0.25) is 4.79 Å². The molecule has 0 unspecified atom stereocenters. The summed E-state index contributed by atoms with van der Waals surface area (Å²) in [6.45, 7) is 5.84. The lowest BCUT2D eigenvalue weighted by Crippen LogP contribution is -2.30. The number of pyridine rings is 1. The van der Waals surface area contributed by atoms with Crippen molar-refractivity contribution < 1.29 is 4.79 Å². The van der Waals surface area contributed by atoms with E-state index in [1.165, 1.54) is 69.6 Å². The molecule has 2 saturated carbocycles. The Kier molecular flexibility index (Phi) is 6.72. The van der Waals surface area contributed by atoms with E-state index in [0.717, 1.165) is 17.1 Å². The fraction of sp³-hybridized carbons (Fsp3) is 0.727. The van der Waals surface area contributed by atoms with Crippen LogP contribution in [0.4, 0.5) is 5.82 Å². The van der Waals surface area contributed by atoms with Gasteiger partial charge in [-0.15, -0.1) is 0 Å². The zero-order valence-corrected chi connectivity index (χ0v) is 17.7. The maximum atomic E-state index is 12.4. The molecule has 0 bridgehead atoms. The summed E-state index contributed by atoms with van der Waals surface area (Å²) < 4.78 is 0. The van der Waals surface area contributed by atoms with Crippen LogP contribution in [0.5, 0.6) is 0 Å². The summed E-state index contributed by atoms with van der Waals surface area (Å²) in [7, 11) is -0.224. The first-order chi connectivity index (χ1) is 12.4. The van der Waals surface area contributed by atoms with Gasteiger partial charge in [0.05, 0.1) is 5.44 Å². The Morgan fingerprint density at radius 3 is 2.00 bits per heavy atom. The normalized spacial score (nSPS) is 20.3. The third-order valence-electron chi connectivity index (χ3n) is 5.86. The molecule has 3 rings (SSSR count). The number of hydrogen-bond donors (Lipinski definition) is 1. The highest BCUT2D eigenvalue weighted by Gasteiger charge is 2.33. The number of nitrogens with zero attached hydrogens (tertiary/aromatic N) is 1. The second-order valence-electron chi connectivity index (χ2n) is 9.08. The minimum Gasteiger partial charge on any atom is -0.310 e. The second-order valence-corrected chi connectivity index (χ2v) is 11.8. The molecule has 0 spiro atoms. The molecule has 2 aliphatic rings. The quantitative estimate of drug-likeness (QED) is 0.673. The summed E-state index contributed by atoms with van der Waals surface area (Å²) in [5.41, 5.74) is 2.56. The first-order valence-electron chi connectivity index (χ1n) is 10.5. The van der Waals surface area contributed by atoms with Crippen molar-refractivity contribution in [2.75, 3.05) is 5.32 Å². The zero-order valence-electron chi connectivity index (χ0n) is 16.8. The molecule has 1 aromatic rings. The van der Waals surface area contributed by atoms with Crippen LogP contribution in [0.15, 0.2) is 18.2 Å². The lowest BCUT2D eigenvalue weighted by molar-refractivity contribution is -0.123. The Morgan fingerprint density at radius 1 is 0.962 bits per heavy atom. The number of carbonyl (C=O) groups excluding carboxylic acids is 1. The van der Waals surface area contributed by atoms with E-state index in [0.29, 0.717) is 0 Å². The van der Waals surface area contributed by atoms with Crippen molar-refractivity contribution in [1.82, 2.24) is 4.98 Å². The van der Waals surface area contributed by atoms with Crippen LogP contribution in [0.2, 0.25) is 0 Å². The number of carbonyl (C=O) groups is 1. The first kappa shape index (κ1) is 19.8. The van der Waals surface area contributed by atoms with Crippen LogP contribution in [0.1, 0.15) is 85.0 Å². The lowest BCUT2D eigenvalue weighted by Gasteiger charge is -2.38. The monoisotopic (exact) mass is 374 g/mol. The summed E-state index contributed by atoms with van der Waals surface area (Å²) in [4.78, 5) is 17.3. The second kappa shape index (κ2) is 8.83. The Labute approximate surface area is 160 Å². The van der Waals surface area contributed by atoms with Crippen LogP contribution in [0.3, 0.4) is 0 Å². The van der Waals surface area contributed by atoms with Crippen molar-refractivity contribution in [3.05, 3.63) is 18.2 Å². The molecule has 4 heteroatoms. The average Bonchev–Trinajstić information content (AvgIpc) is 2.63. The molecular formula is C22H35N2OP. The topological polar surface area (TPSA) is 42.0 Å². The van der Waals surface area contributed by atoms with Gasteiger partial charge >= 0.3 is 0 Å². The van der Waals surface area contributed by atoms with Gasteiger partial charge in [0.15, 0.2) is 0 Å². The van der Waals surface area contributed by atoms with E-state index in [1.807, 2.05) is 26.8 Å². The van der Waals surface area contributed by atoms with E-state index in [2.05, 4.69) is 17.4 Å². The van der Waals surface area contributed by atoms with Crippen LogP contribution in [-0.2, 0) is 4.79 Å². The van der Waals surface area contributed by atoms with E-state index in [-0.39, 0.29) is 13.8 Å². The highest BCUT2D eigenvalue weighted by molar-refractivity contribution is 7.66. The predicted octanol–water partition coefficient (Wildman–Crippen LogP) is 5.84. The fourth-order valence-corrected chi connectivity index (χ4v) is 8.00. The number of aromatic nitrogens is 1. The lowest BCUT2D eigenvalue weighted by atomic mass is 9.96. The standard InChI is InChI=1S/C22H35N2OP/c1-22(2,3)21(25)24-19-15-10-16-20(23-19)26(17-11-6-4-7-12-17)18-13-8-5-9-14-18/h10,15-18H,4-9,11-14H2,1-3H3,(H,23,24,25). The van der Waals surface area contributed by atoms with Crippen molar-refractivity contribution in [3.8, 4) is 0 Å². The van der Waals surface area contributed by atoms with E-state index < -0.39 is 5.41 Å². The first-order valence-corrected chi connectivity index (χ1v) is 12.0. The Hall–Kier alpha value is -0.950. The highest BCUT2D eigenvalue weighted by atomic mass is 31.1.